The Bertz CT molecular complexity index is 533. The van der Waals surface area contributed by atoms with Gasteiger partial charge >= 0.3 is 0 Å². The molecular weight excluding hydrogens is 278 g/mol. The number of hydrogen-bond donors (Lipinski definition) is 0. The van der Waals surface area contributed by atoms with E-state index < -0.39 is 0 Å². The van der Waals surface area contributed by atoms with Crippen molar-refractivity contribution in [2.45, 2.75) is 6.54 Å². The Morgan fingerprint density at radius 1 is 1.18 bits per heavy atom. The normalized spacial score (nSPS) is 10.5. The van der Waals surface area contributed by atoms with Crippen LogP contribution in [0.1, 0.15) is 5.56 Å². The molecule has 3 heteroatoms. The summed E-state index contributed by atoms with van der Waals surface area (Å²) in [4.78, 5) is 13.3. The Hall–Kier alpha value is -1.35. The summed E-state index contributed by atoms with van der Waals surface area (Å²) < 4.78 is 0. The zero-order chi connectivity index (χ0) is 12.3. The molecule has 0 radical (unpaired) electrons. The molecule has 0 aromatic heterocycles. The standard InChI is InChI=1S/C14H14BrNO/c1-16(14(17)9-15)10-12-7-4-6-11-5-2-3-8-13(11)12/h2-8H,9-10H2,1H3. The highest BCUT2D eigenvalue weighted by molar-refractivity contribution is 9.09. The van der Waals surface area contributed by atoms with Gasteiger partial charge in [0.2, 0.25) is 5.91 Å². The van der Waals surface area contributed by atoms with Gasteiger partial charge in [0.05, 0.1) is 5.33 Å². The summed E-state index contributed by atoms with van der Waals surface area (Å²) in [6.07, 6.45) is 0. The third-order valence-corrected chi connectivity index (χ3v) is 3.31. The fourth-order valence-corrected chi connectivity index (χ4v) is 2.30. The van der Waals surface area contributed by atoms with Crippen molar-refractivity contribution in [3.63, 3.8) is 0 Å². The minimum atomic E-state index is 0.0953. The fraction of sp³-hybridized carbons (Fsp3) is 0.214. The molecule has 0 saturated carbocycles. The molecule has 0 aliphatic rings. The SMILES string of the molecule is CN(Cc1cccc2ccccc12)C(=O)CBr. The van der Waals surface area contributed by atoms with Gasteiger partial charge in [-0.1, -0.05) is 58.4 Å². The van der Waals surface area contributed by atoms with Crippen LogP contribution < -0.4 is 0 Å². The molecule has 2 aromatic carbocycles. The van der Waals surface area contributed by atoms with Crippen molar-refractivity contribution >= 4 is 32.6 Å². The third kappa shape index (κ3) is 2.67. The lowest BCUT2D eigenvalue weighted by Crippen LogP contribution is -2.26. The highest BCUT2D eigenvalue weighted by atomic mass is 79.9. The van der Waals surface area contributed by atoms with Crippen LogP contribution in [0.2, 0.25) is 0 Å². The molecule has 0 N–H and O–H groups in total. The molecule has 2 nitrogen and oxygen atoms in total. The monoisotopic (exact) mass is 291 g/mol. The van der Waals surface area contributed by atoms with E-state index in [4.69, 9.17) is 0 Å². The molecule has 0 aliphatic carbocycles. The van der Waals surface area contributed by atoms with E-state index in [0.29, 0.717) is 11.9 Å². The molecule has 0 fully saturated rings. The number of benzene rings is 2. The Morgan fingerprint density at radius 2 is 1.88 bits per heavy atom. The lowest BCUT2D eigenvalue weighted by Gasteiger charge is -2.17. The fourth-order valence-electron chi connectivity index (χ4n) is 1.88. The molecule has 0 atom stereocenters. The van der Waals surface area contributed by atoms with Gasteiger partial charge in [0.25, 0.3) is 0 Å². The average Bonchev–Trinajstić information content (AvgIpc) is 2.38. The molecule has 1 amide bonds. The zero-order valence-corrected chi connectivity index (χ0v) is 11.3. The smallest absolute Gasteiger partial charge is 0.233 e. The van der Waals surface area contributed by atoms with Gasteiger partial charge in [0.1, 0.15) is 0 Å². The van der Waals surface area contributed by atoms with E-state index in [0.717, 1.165) is 0 Å². The van der Waals surface area contributed by atoms with Gasteiger partial charge in [-0.2, -0.15) is 0 Å². The number of carbonyl (C=O) groups is 1. The second-order valence-electron chi connectivity index (χ2n) is 4.02. The third-order valence-electron chi connectivity index (χ3n) is 2.83. The van der Waals surface area contributed by atoms with Crippen molar-refractivity contribution in [1.29, 1.82) is 0 Å². The largest absolute Gasteiger partial charge is 0.341 e. The Labute approximate surface area is 109 Å². The molecule has 0 spiro atoms. The maximum Gasteiger partial charge on any atom is 0.233 e. The van der Waals surface area contributed by atoms with Crippen LogP contribution in [0.25, 0.3) is 10.8 Å². The molecular formula is C14H14BrNO. The van der Waals surface area contributed by atoms with E-state index in [1.54, 1.807) is 4.90 Å². The molecule has 0 unspecified atom stereocenters. The number of nitrogens with zero attached hydrogens (tertiary/aromatic N) is 1. The van der Waals surface area contributed by atoms with E-state index >= 15 is 0 Å². The molecule has 0 bridgehead atoms. The maximum atomic E-state index is 11.5. The number of alkyl halides is 1. The minimum Gasteiger partial charge on any atom is -0.341 e. The van der Waals surface area contributed by atoms with Gasteiger partial charge in [-0.3, -0.25) is 4.79 Å². The number of fused-ring (bicyclic) bond motifs is 1. The Kier molecular flexibility index (Phi) is 3.79. The van der Waals surface area contributed by atoms with Gasteiger partial charge in [0.15, 0.2) is 0 Å². The number of hydrogen-bond acceptors (Lipinski definition) is 1. The van der Waals surface area contributed by atoms with E-state index in [9.17, 15) is 4.79 Å². The summed E-state index contributed by atoms with van der Waals surface area (Å²) in [5, 5.41) is 2.79. The number of amides is 1. The number of halogens is 1. The average molecular weight is 292 g/mol. The lowest BCUT2D eigenvalue weighted by molar-refractivity contribution is -0.127. The van der Waals surface area contributed by atoms with Crippen LogP contribution >= 0.6 is 15.9 Å². The summed E-state index contributed by atoms with van der Waals surface area (Å²) >= 11 is 3.19. The second-order valence-corrected chi connectivity index (χ2v) is 4.58. The first-order valence-electron chi connectivity index (χ1n) is 5.49. The van der Waals surface area contributed by atoms with Crippen molar-refractivity contribution in [3.05, 3.63) is 48.0 Å². The Morgan fingerprint density at radius 3 is 2.65 bits per heavy atom. The Balaban J connectivity index is 2.33. The predicted octanol–water partition coefficient (Wildman–Crippen LogP) is 3.19. The molecule has 17 heavy (non-hydrogen) atoms. The van der Waals surface area contributed by atoms with Crippen molar-refractivity contribution in [1.82, 2.24) is 4.90 Å². The molecule has 0 heterocycles. The quantitative estimate of drug-likeness (QED) is 0.796. The van der Waals surface area contributed by atoms with Crippen LogP contribution in [0.5, 0.6) is 0 Å². The molecule has 0 saturated heterocycles. The van der Waals surface area contributed by atoms with Gasteiger partial charge in [-0.25, -0.2) is 0 Å². The summed E-state index contributed by atoms with van der Waals surface area (Å²) in [6, 6.07) is 14.4. The van der Waals surface area contributed by atoms with Crippen molar-refractivity contribution in [2.24, 2.45) is 0 Å². The van der Waals surface area contributed by atoms with Crippen LogP contribution in [0, 0.1) is 0 Å². The first-order valence-corrected chi connectivity index (χ1v) is 6.61. The van der Waals surface area contributed by atoms with Crippen molar-refractivity contribution < 1.29 is 4.79 Å². The maximum absolute atomic E-state index is 11.5. The van der Waals surface area contributed by atoms with Crippen molar-refractivity contribution in [2.75, 3.05) is 12.4 Å². The topological polar surface area (TPSA) is 20.3 Å². The molecule has 2 aromatic rings. The number of carbonyl (C=O) groups excluding carboxylic acids is 1. The molecule has 0 aliphatic heterocycles. The molecule has 2 rings (SSSR count). The summed E-state index contributed by atoms with van der Waals surface area (Å²) in [5.74, 6) is 0.0953. The predicted molar refractivity (Wildman–Crippen MR) is 74.2 cm³/mol. The summed E-state index contributed by atoms with van der Waals surface area (Å²) in [6.45, 7) is 0.645. The first kappa shape index (κ1) is 12.1. The summed E-state index contributed by atoms with van der Waals surface area (Å²) in [5.41, 5.74) is 1.18. The van der Waals surface area contributed by atoms with E-state index in [-0.39, 0.29) is 5.91 Å². The van der Waals surface area contributed by atoms with E-state index in [2.05, 4.69) is 40.2 Å². The second kappa shape index (κ2) is 5.32. The highest BCUT2D eigenvalue weighted by Crippen LogP contribution is 2.19. The van der Waals surface area contributed by atoms with Crippen LogP contribution in [0.15, 0.2) is 42.5 Å². The van der Waals surface area contributed by atoms with E-state index in [1.807, 2.05) is 25.2 Å². The molecule has 88 valence electrons. The lowest BCUT2D eigenvalue weighted by atomic mass is 10.0. The van der Waals surface area contributed by atoms with Crippen molar-refractivity contribution in [3.8, 4) is 0 Å². The summed E-state index contributed by atoms with van der Waals surface area (Å²) in [7, 11) is 1.82. The van der Waals surface area contributed by atoms with Crippen LogP contribution in [-0.2, 0) is 11.3 Å². The van der Waals surface area contributed by atoms with E-state index in [1.165, 1.54) is 16.3 Å². The number of rotatable bonds is 3. The van der Waals surface area contributed by atoms with Gasteiger partial charge in [0, 0.05) is 13.6 Å². The minimum absolute atomic E-state index is 0.0953. The highest BCUT2D eigenvalue weighted by Gasteiger charge is 2.08. The zero-order valence-electron chi connectivity index (χ0n) is 9.69. The first-order chi connectivity index (χ1) is 8.22. The van der Waals surface area contributed by atoms with Crippen LogP contribution in [0.4, 0.5) is 0 Å². The van der Waals surface area contributed by atoms with Crippen LogP contribution in [-0.4, -0.2) is 23.2 Å². The van der Waals surface area contributed by atoms with Gasteiger partial charge < -0.3 is 4.90 Å². The van der Waals surface area contributed by atoms with Gasteiger partial charge in [-0.15, -0.1) is 0 Å². The van der Waals surface area contributed by atoms with Gasteiger partial charge in [-0.05, 0) is 16.3 Å². The van der Waals surface area contributed by atoms with Crippen LogP contribution in [0.3, 0.4) is 0 Å².